The molecule has 1 aromatic heterocycles. The lowest BCUT2D eigenvalue weighted by atomic mass is 10.1. The average molecular weight is 232 g/mol. The predicted octanol–water partition coefficient (Wildman–Crippen LogP) is 3.08. The van der Waals surface area contributed by atoms with E-state index in [9.17, 15) is 9.18 Å². The minimum Gasteiger partial charge on any atom is -0.296 e. The van der Waals surface area contributed by atoms with E-state index < -0.39 is 0 Å². The summed E-state index contributed by atoms with van der Waals surface area (Å²) in [4.78, 5) is 10.7. The molecule has 0 saturated carbocycles. The molecule has 1 heterocycles. The number of aldehydes is 1. The van der Waals surface area contributed by atoms with Crippen molar-refractivity contribution < 1.29 is 9.18 Å². The Bertz CT molecular complexity index is 546. The molecule has 0 saturated heterocycles. The van der Waals surface area contributed by atoms with Crippen molar-refractivity contribution in [2.45, 2.75) is 19.9 Å². The van der Waals surface area contributed by atoms with Gasteiger partial charge in [0.25, 0.3) is 0 Å². The van der Waals surface area contributed by atoms with Gasteiger partial charge in [0.15, 0.2) is 6.29 Å². The van der Waals surface area contributed by atoms with Crippen molar-refractivity contribution in [3.63, 3.8) is 0 Å². The number of carbonyl (C=O) groups is 1. The molecule has 0 aliphatic carbocycles. The van der Waals surface area contributed by atoms with E-state index in [1.54, 1.807) is 28.9 Å². The summed E-state index contributed by atoms with van der Waals surface area (Å²) in [7, 11) is 0. The van der Waals surface area contributed by atoms with Crippen LogP contribution in [0.15, 0.2) is 30.3 Å². The number of aromatic nitrogens is 2. The molecule has 88 valence electrons. The summed E-state index contributed by atoms with van der Waals surface area (Å²) in [6.07, 6.45) is 0.670. The van der Waals surface area contributed by atoms with E-state index >= 15 is 0 Å². The van der Waals surface area contributed by atoms with Gasteiger partial charge in [0.2, 0.25) is 0 Å². The summed E-state index contributed by atoms with van der Waals surface area (Å²) >= 11 is 0. The van der Waals surface area contributed by atoms with Crippen LogP contribution in [0.25, 0.3) is 11.3 Å². The third-order valence-corrected chi connectivity index (χ3v) is 2.51. The van der Waals surface area contributed by atoms with Crippen molar-refractivity contribution in [3.05, 3.63) is 41.8 Å². The van der Waals surface area contributed by atoms with Gasteiger partial charge in [0, 0.05) is 11.6 Å². The molecule has 0 N–H and O–H groups in total. The molecule has 0 unspecified atom stereocenters. The van der Waals surface area contributed by atoms with E-state index in [0.717, 1.165) is 0 Å². The summed E-state index contributed by atoms with van der Waals surface area (Å²) < 4.78 is 15.4. The van der Waals surface area contributed by atoms with Gasteiger partial charge in [0.1, 0.15) is 11.5 Å². The van der Waals surface area contributed by atoms with Crippen molar-refractivity contribution in [1.82, 2.24) is 9.78 Å². The fraction of sp³-hybridized carbons (Fsp3) is 0.231. The lowest BCUT2D eigenvalue weighted by Crippen LogP contribution is -2.05. The number of halogens is 1. The molecule has 4 heteroatoms. The van der Waals surface area contributed by atoms with Crippen LogP contribution in [-0.4, -0.2) is 16.1 Å². The molecule has 1 aromatic carbocycles. The predicted molar refractivity (Wildman–Crippen MR) is 63.4 cm³/mol. The van der Waals surface area contributed by atoms with E-state index in [1.807, 2.05) is 13.8 Å². The molecule has 0 fully saturated rings. The molecule has 0 aliphatic heterocycles. The molecule has 0 atom stereocenters. The van der Waals surface area contributed by atoms with Crippen LogP contribution in [0, 0.1) is 5.82 Å². The first kappa shape index (κ1) is 11.5. The molecular formula is C13H13FN2O. The number of hydrogen-bond acceptors (Lipinski definition) is 2. The molecule has 0 amide bonds. The van der Waals surface area contributed by atoms with Gasteiger partial charge in [-0.1, -0.05) is 12.1 Å². The normalized spacial score (nSPS) is 10.8. The van der Waals surface area contributed by atoms with Gasteiger partial charge in [-0.3, -0.25) is 9.48 Å². The van der Waals surface area contributed by atoms with Crippen LogP contribution in [0.2, 0.25) is 0 Å². The van der Waals surface area contributed by atoms with E-state index in [2.05, 4.69) is 5.10 Å². The molecule has 0 bridgehead atoms. The number of nitrogens with zero attached hydrogens (tertiary/aromatic N) is 2. The van der Waals surface area contributed by atoms with Crippen LogP contribution in [0.3, 0.4) is 0 Å². The Labute approximate surface area is 98.9 Å². The van der Waals surface area contributed by atoms with Crippen molar-refractivity contribution >= 4 is 6.29 Å². The van der Waals surface area contributed by atoms with Crippen LogP contribution in [-0.2, 0) is 0 Å². The minimum absolute atomic E-state index is 0.0679. The second kappa shape index (κ2) is 4.49. The highest BCUT2D eigenvalue weighted by atomic mass is 19.1. The highest BCUT2D eigenvalue weighted by molar-refractivity contribution is 5.75. The van der Waals surface area contributed by atoms with E-state index in [-0.39, 0.29) is 11.9 Å². The van der Waals surface area contributed by atoms with Crippen molar-refractivity contribution in [2.24, 2.45) is 0 Å². The molecular weight excluding hydrogens is 219 g/mol. The van der Waals surface area contributed by atoms with E-state index in [1.165, 1.54) is 6.07 Å². The third-order valence-electron chi connectivity index (χ3n) is 2.51. The van der Waals surface area contributed by atoms with Gasteiger partial charge in [-0.05, 0) is 32.0 Å². The first-order valence-electron chi connectivity index (χ1n) is 5.43. The van der Waals surface area contributed by atoms with Gasteiger partial charge in [-0.25, -0.2) is 4.39 Å². The third kappa shape index (κ3) is 2.11. The Balaban J connectivity index is 2.62. The minimum atomic E-state index is -0.313. The van der Waals surface area contributed by atoms with Gasteiger partial charge >= 0.3 is 0 Å². The van der Waals surface area contributed by atoms with Crippen LogP contribution >= 0.6 is 0 Å². The Morgan fingerprint density at radius 2 is 2.06 bits per heavy atom. The summed E-state index contributed by atoms with van der Waals surface area (Å²) in [5.41, 5.74) is 1.40. The Kier molecular flexibility index (Phi) is 3.04. The average Bonchev–Trinajstić information content (AvgIpc) is 2.73. The van der Waals surface area contributed by atoms with E-state index in [4.69, 9.17) is 0 Å². The molecule has 0 aliphatic rings. The Hall–Kier alpha value is -1.97. The van der Waals surface area contributed by atoms with Crippen molar-refractivity contribution in [1.29, 1.82) is 0 Å². The maximum atomic E-state index is 13.7. The van der Waals surface area contributed by atoms with Crippen molar-refractivity contribution in [3.8, 4) is 11.3 Å². The van der Waals surface area contributed by atoms with Crippen molar-refractivity contribution in [2.75, 3.05) is 0 Å². The highest BCUT2D eigenvalue weighted by Gasteiger charge is 2.14. The first-order valence-corrected chi connectivity index (χ1v) is 5.43. The molecule has 17 heavy (non-hydrogen) atoms. The maximum absolute atomic E-state index is 13.7. The number of rotatable bonds is 3. The van der Waals surface area contributed by atoms with Crippen LogP contribution in [0.1, 0.15) is 30.4 Å². The summed E-state index contributed by atoms with van der Waals surface area (Å²) in [5, 5.41) is 4.13. The van der Waals surface area contributed by atoms with Crippen LogP contribution < -0.4 is 0 Å². The summed E-state index contributed by atoms with van der Waals surface area (Å²) in [6.45, 7) is 3.87. The van der Waals surface area contributed by atoms with E-state index in [0.29, 0.717) is 23.2 Å². The second-order valence-corrected chi connectivity index (χ2v) is 4.09. The lowest BCUT2D eigenvalue weighted by molar-refractivity contribution is 0.111. The summed E-state index contributed by atoms with van der Waals surface area (Å²) in [5.74, 6) is -0.313. The van der Waals surface area contributed by atoms with Crippen LogP contribution in [0.4, 0.5) is 4.39 Å². The molecule has 2 rings (SSSR count). The number of benzene rings is 1. The molecule has 2 aromatic rings. The lowest BCUT2D eigenvalue weighted by Gasteiger charge is -2.11. The monoisotopic (exact) mass is 232 g/mol. The van der Waals surface area contributed by atoms with Gasteiger partial charge < -0.3 is 0 Å². The highest BCUT2D eigenvalue weighted by Crippen LogP contribution is 2.25. The zero-order valence-electron chi connectivity index (χ0n) is 9.72. The number of carbonyl (C=O) groups excluding carboxylic acids is 1. The Morgan fingerprint density at radius 1 is 1.35 bits per heavy atom. The zero-order valence-corrected chi connectivity index (χ0v) is 9.72. The molecule has 0 radical (unpaired) electrons. The standard InChI is InChI=1S/C13H13FN2O/c1-9(2)16-13(7-10(8-17)15-16)11-5-3-4-6-12(11)14/h3-9H,1-2H3. The fourth-order valence-corrected chi connectivity index (χ4v) is 1.73. The fourth-order valence-electron chi connectivity index (χ4n) is 1.73. The maximum Gasteiger partial charge on any atom is 0.170 e. The molecule has 0 spiro atoms. The number of hydrogen-bond donors (Lipinski definition) is 0. The largest absolute Gasteiger partial charge is 0.296 e. The topological polar surface area (TPSA) is 34.9 Å². The Morgan fingerprint density at radius 3 is 2.65 bits per heavy atom. The quantitative estimate of drug-likeness (QED) is 0.762. The SMILES string of the molecule is CC(C)n1nc(C=O)cc1-c1ccccc1F. The van der Waals surface area contributed by atoms with Gasteiger partial charge in [-0.2, -0.15) is 5.10 Å². The molecule has 3 nitrogen and oxygen atoms in total. The zero-order chi connectivity index (χ0) is 12.4. The van der Waals surface area contributed by atoms with Crippen LogP contribution in [0.5, 0.6) is 0 Å². The first-order chi connectivity index (χ1) is 8.13. The second-order valence-electron chi connectivity index (χ2n) is 4.09. The van der Waals surface area contributed by atoms with Gasteiger partial charge in [0.05, 0.1) is 5.69 Å². The smallest absolute Gasteiger partial charge is 0.170 e. The summed E-state index contributed by atoms with van der Waals surface area (Å²) in [6, 6.07) is 8.14. The van der Waals surface area contributed by atoms with Gasteiger partial charge in [-0.15, -0.1) is 0 Å².